The van der Waals surface area contributed by atoms with Gasteiger partial charge in [-0.05, 0) is 13.0 Å². The van der Waals surface area contributed by atoms with E-state index in [4.69, 9.17) is 9.84 Å². The zero-order chi connectivity index (χ0) is 11.6. The highest BCUT2D eigenvalue weighted by Crippen LogP contribution is 1.96. The summed E-state index contributed by atoms with van der Waals surface area (Å²) in [5, 5.41) is 11.8. The molecule has 92 valence electrons. The first-order chi connectivity index (χ1) is 7.86. The SMILES string of the molecule is CCCNCc1cn(CCOCCO)cn1. The third kappa shape index (κ3) is 5.25. The molecule has 0 radical (unpaired) electrons. The molecule has 0 bridgehead atoms. The summed E-state index contributed by atoms with van der Waals surface area (Å²) < 4.78 is 7.18. The first kappa shape index (κ1) is 13.2. The minimum Gasteiger partial charge on any atom is -0.394 e. The van der Waals surface area contributed by atoms with Gasteiger partial charge in [0.15, 0.2) is 0 Å². The summed E-state index contributed by atoms with van der Waals surface area (Å²) in [4.78, 5) is 4.28. The van der Waals surface area contributed by atoms with Gasteiger partial charge in [0, 0.05) is 19.3 Å². The van der Waals surface area contributed by atoms with Gasteiger partial charge >= 0.3 is 0 Å². The van der Waals surface area contributed by atoms with Crippen molar-refractivity contribution < 1.29 is 9.84 Å². The minimum atomic E-state index is 0.0795. The first-order valence-corrected chi connectivity index (χ1v) is 5.76. The average molecular weight is 227 g/mol. The van der Waals surface area contributed by atoms with Crippen LogP contribution in [0, 0.1) is 0 Å². The van der Waals surface area contributed by atoms with Crippen LogP contribution in [0.1, 0.15) is 19.0 Å². The van der Waals surface area contributed by atoms with Gasteiger partial charge in [-0.15, -0.1) is 0 Å². The summed E-state index contributed by atoms with van der Waals surface area (Å²) in [5.41, 5.74) is 1.05. The van der Waals surface area contributed by atoms with Crippen molar-refractivity contribution in [3.8, 4) is 0 Å². The Morgan fingerprint density at radius 1 is 1.50 bits per heavy atom. The van der Waals surface area contributed by atoms with E-state index in [0.717, 1.165) is 31.7 Å². The van der Waals surface area contributed by atoms with Crippen LogP contribution in [-0.4, -0.2) is 41.0 Å². The highest BCUT2D eigenvalue weighted by atomic mass is 16.5. The molecule has 2 N–H and O–H groups in total. The fourth-order valence-electron chi connectivity index (χ4n) is 1.35. The molecule has 0 aliphatic carbocycles. The maximum atomic E-state index is 8.54. The van der Waals surface area contributed by atoms with Gasteiger partial charge in [-0.25, -0.2) is 4.98 Å². The van der Waals surface area contributed by atoms with Crippen molar-refractivity contribution in [2.24, 2.45) is 0 Å². The standard InChI is InChI=1S/C11H21N3O2/c1-2-3-12-8-11-9-14(10-13-11)4-6-16-7-5-15/h9-10,12,15H,2-8H2,1H3. The Hall–Kier alpha value is -0.910. The predicted molar refractivity (Wildman–Crippen MR) is 62.1 cm³/mol. The molecule has 1 aromatic rings. The molecular weight excluding hydrogens is 206 g/mol. The molecule has 5 heteroatoms. The van der Waals surface area contributed by atoms with Gasteiger partial charge in [-0.2, -0.15) is 0 Å². The lowest BCUT2D eigenvalue weighted by Crippen LogP contribution is -2.14. The van der Waals surface area contributed by atoms with Gasteiger partial charge in [-0.1, -0.05) is 6.92 Å². The van der Waals surface area contributed by atoms with Crippen LogP contribution in [0.25, 0.3) is 0 Å². The lowest BCUT2D eigenvalue weighted by molar-refractivity contribution is 0.0870. The quantitative estimate of drug-likeness (QED) is 0.599. The van der Waals surface area contributed by atoms with Crippen LogP contribution < -0.4 is 5.32 Å². The van der Waals surface area contributed by atoms with Crippen LogP contribution in [0.5, 0.6) is 0 Å². The summed E-state index contributed by atoms with van der Waals surface area (Å²) in [7, 11) is 0. The van der Waals surface area contributed by atoms with Crippen LogP contribution in [-0.2, 0) is 17.8 Å². The number of hydrogen-bond acceptors (Lipinski definition) is 4. The van der Waals surface area contributed by atoms with E-state index < -0.39 is 0 Å². The van der Waals surface area contributed by atoms with Crippen LogP contribution in [0.3, 0.4) is 0 Å². The van der Waals surface area contributed by atoms with E-state index in [0.29, 0.717) is 13.2 Å². The molecule has 0 spiro atoms. The highest BCUT2D eigenvalue weighted by Gasteiger charge is 1.97. The molecule has 5 nitrogen and oxygen atoms in total. The predicted octanol–water partition coefficient (Wildman–Crippen LogP) is 0.392. The van der Waals surface area contributed by atoms with Gasteiger partial charge in [0.1, 0.15) is 0 Å². The molecule has 1 aromatic heterocycles. The minimum absolute atomic E-state index is 0.0795. The molecule has 1 rings (SSSR count). The third-order valence-electron chi connectivity index (χ3n) is 2.15. The van der Waals surface area contributed by atoms with Crippen molar-refractivity contribution in [3.05, 3.63) is 18.2 Å². The monoisotopic (exact) mass is 227 g/mol. The molecule has 1 heterocycles. The smallest absolute Gasteiger partial charge is 0.0950 e. The molecule has 0 atom stereocenters. The molecule has 0 amide bonds. The van der Waals surface area contributed by atoms with Crippen LogP contribution in [0.4, 0.5) is 0 Å². The molecule has 0 aromatic carbocycles. The third-order valence-corrected chi connectivity index (χ3v) is 2.15. The van der Waals surface area contributed by atoms with Crippen LogP contribution >= 0.6 is 0 Å². The van der Waals surface area contributed by atoms with Gasteiger partial charge < -0.3 is 19.7 Å². The van der Waals surface area contributed by atoms with E-state index in [2.05, 4.69) is 17.2 Å². The number of hydrogen-bond donors (Lipinski definition) is 2. The number of aliphatic hydroxyl groups is 1. The Bertz CT molecular complexity index is 276. The largest absolute Gasteiger partial charge is 0.394 e. The molecule has 0 saturated heterocycles. The zero-order valence-electron chi connectivity index (χ0n) is 9.85. The number of ether oxygens (including phenoxy) is 1. The second-order valence-electron chi connectivity index (χ2n) is 3.62. The Morgan fingerprint density at radius 2 is 2.38 bits per heavy atom. The van der Waals surface area contributed by atoms with Crippen LogP contribution in [0.2, 0.25) is 0 Å². The Labute approximate surface area is 96.4 Å². The van der Waals surface area contributed by atoms with Crippen molar-refractivity contribution in [3.63, 3.8) is 0 Å². The lowest BCUT2D eigenvalue weighted by atomic mass is 10.4. The second-order valence-corrected chi connectivity index (χ2v) is 3.62. The van der Waals surface area contributed by atoms with Crippen molar-refractivity contribution in [1.29, 1.82) is 0 Å². The van der Waals surface area contributed by atoms with Gasteiger partial charge in [0.05, 0.1) is 31.8 Å². The van der Waals surface area contributed by atoms with Gasteiger partial charge in [-0.3, -0.25) is 0 Å². The topological polar surface area (TPSA) is 59.3 Å². The number of aliphatic hydroxyl groups excluding tert-OH is 1. The summed E-state index contributed by atoms with van der Waals surface area (Å²) in [6, 6.07) is 0. The summed E-state index contributed by atoms with van der Waals surface area (Å²) in [6.45, 7) is 5.85. The van der Waals surface area contributed by atoms with Gasteiger partial charge in [0.25, 0.3) is 0 Å². The number of nitrogens with one attached hydrogen (secondary N) is 1. The fourth-order valence-corrected chi connectivity index (χ4v) is 1.35. The van der Waals surface area contributed by atoms with E-state index in [-0.39, 0.29) is 6.61 Å². The van der Waals surface area contributed by atoms with Crippen molar-refractivity contribution in [2.45, 2.75) is 26.4 Å². The van der Waals surface area contributed by atoms with Crippen molar-refractivity contribution in [1.82, 2.24) is 14.9 Å². The summed E-state index contributed by atoms with van der Waals surface area (Å²) in [5.74, 6) is 0. The summed E-state index contributed by atoms with van der Waals surface area (Å²) in [6.07, 6.45) is 4.96. The molecular formula is C11H21N3O2. The normalized spacial score (nSPS) is 10.9. The van der Waals surface area contributed by atoms with Crippen LogP contribution in [0.15, 0.2) is 12.5 Å². The van der Waals surface area contributed by atoms with E-state index in [9.17, 15) is 0 Å². The maximum Gasteiger partial charge on any atom is 0.0950 e. The fraction of sp³-hybridized carbons (Fsp3) is 0.727. The maximum absolute atomic E-state index is 8.54. The number of rotatable bonds is 9. The molecule has 0 saturated carbocycles. The van der Waals surface area contributed by atoms with E-state index in [1.807, 2.05) is 17.1 Å². The lowest BCUT2D eigenvalue weighted by Gasteiger charge is -2.02. The molecule has 16 heavy (non-hydrogen) atoms. The number of aromatic nitrogens is 2. The average Bonchev–Trinajstić information content (AvgIpc) is 2.73. The highest BCUT2D eigenvalue weighted by molar-refractivity contribution is 4.95. The number of imidazole rings is 1. The molecule has 0 fully saturated rings. The Kier molecular flexibility index (Phi) is 6.80. The zero-order valence-corrected chi connectivity index (χ0v) is 9.85. The van der Waals surface area contributed by atoms with E-state index in [1.54, 1.807) is 0 Å². The molecule has 0 aliphatic heterocycles. The Morgan fingerprint density at radius 3 is 3.12 bits per heavy atom. The van der Waals surface area contributed by atoms with Crippen molar-refractivity contribution in [2.75, 3.05) is 26.4 Å². The van der Waals surface area contributed by atoms with E-state index in [1.165, 1.54) is 0 Å². The molecule has 0 aliphatic rings. The Balaban J connectivity index is 2.17. The molecule has 0 unspecified atom stereocenters. The second kappa shape index (κ2) is 8.27. The summed E-state index contributed by atoms with van der Waals surface area (Å²) >= 11 is 0. The van der Waals surface area contributed by atoms with Crippen molar-refractivity contribution >= 4 is 0 Å². The van der Waals surface area contributed by atoms with E-state index >= 15 is 0 Å². The first-order valence-electron chi connectivity index (χ1n) is 5.76. The number of nitrogens with zero attached hydrogens (tertiary/aromatic N) is 2. The van der Waals surface area contributed by atoms with Gasteiger partial charge in [0.2, 0.25) is 0 Å².